The summed E-state index contributed by atoms with van der Waals surface area (Å²) in [5, 5.41) is 8.98. The summed E-state index contributed by atoms with van der Waals surface area (Å²) < 4.78 is 0. The van der Waals surface area contributed by atoms with Gasteiger partial charge in [0.15, 0.2) is 0 Å². The van der Waals surface area contributed by atoms with Crippen LogP contribution in [0.1, 0.15) is 64.7 Å². The van der Waals surface area contributed by atoms with Gasteiger partial charge in [-0.15, -0.1) is 0 Å². The molecule has 0 aromatic heterocycles. The van der Waals surface area contributed by atoms with Crippen molar-refractivity contribution in [1.82, 2.24) is 4.90 Å². The minimum Gasteiger partial charge on any atom is -0.478 e. The average molecular weight is 289 g/mol. The van der Waals surface area contributed by atoms with E-state index in [-0.39, 0.29) is 23.1 Å². The molecule has 2 unspecified atom stereocenters. The number of hydrogen-bond acceptors (Lipinski definition) is 3. The van der Waals surface area contributed by atoms with E-state index in [1.807, 2.05) is 6.92 Å². The lowest BCUT2D eigenvalue weighted by atomic mass is 9.99. The quantitative estimate of drug-likeness (QED) is 0.846. The third-order valence-electron chi connectivity index (χ3n) is 4.05. The molecule has 1 aromatic carbocycles. The zero-order valence-corrected chi connectivity index (χ0v) is 12.4. The topological polar surface area (TPSA) is 74.7 Å². The molecule has 0 spiro atoms. The van der Waals surface area contributed by atoms with Crippen molar-refractivity contribution in [2.24, 2.45) is 5.92 Å². The number of rotatable bonds is 5. The van der Waals surface area contributed by atoms with Gasteiger partial charge in [-0.05, 0) is 37.5 Å². The summed E-state index contributed by atoms with van der Waals surface area (Å²) in [5.74, 6) is -1.42. The summed E-state index contributed by atoms with van der Waals surface area (Å²) in [7, 11) is 0. The molecule has 5 heteroatoms. The number of amides is 2. The first kappa shape index (κ1) is 15.2. The Morgan fingerprint density at radius 1 is 1.19 bits per heavy atom. The van der Waals surface area contributed by atoms with Gasteiger partial charge in [-0.25, -0.2) is 4.79 Å². The number of carbonyl (C=O) groups is 3. The lowest BCUT2D eigenvalue weighted by molar-refractivity contribution is 0.0578. The van der Waals surface area contributed by atoms with Crippen molar-refractivity contribution in [2.75, 3.05) is 0 Å². The third-order valence-corrected chi connectivity index (χ3v) is 4.05. The van der Waals surface area contributed by atoms with Crippen LogP contribution in [0.5, 0.6) is 0 Å². The minimum absolute atomic E-state index is 0.0197. The van der Waals surface area contributed by atoms with E-state index in [2.05, 4.69) is 13.8 Å². The van der Waals surface area contributed by atoms with Crippen LogP contribution in [0.15, 0.2) is 18.2 Å². The van der Waals surface area contributed by atoms with E-state index >= 15 is 0 Å². The second kappa shape index (κ2) is 5.68. The highest BCUT2D eigenvalue weighted by molar-refractivity contribution is 6.22. The van der Waals surface area contributed by atoms with Crippen molar-refractivity contribution in [3.8, 4) is 0 Å². The Morgan fingerprint density at radius 2 is 1.81 bits per heavy atom. The van der Waals surface area contributed by atoms with Gasteiger partial charge >= 0.3 is 5.97 Å². The van der Waals surface area contributed by atoms with Crippen LogP contribution in [-0.2, 0) is 0 Å². The van der Waals surface area contributed by atoms with E-state index in [4.69, 9.17) is 5.11 Å². The van der Waals surface area contributed by atoms with Gasteiger partial charge in [-0.2, -0.15) is 0 Å². The van der Waals surface area contributed by atoms with E-state index in [1.165, 1.54) is 23.1 Å². The van der Waals surface area contributed by atoms with Gasteiger partial charge in [0.25, 0.3) is 11.8 Å². The van der Waals surface area contributed by atoms with E-state index in [0.29, 0.717) is 11.5 Å². The number of nitrogens with zero attached hydrogens (tertiary/aromatic N) is 1. The highest BCUT2D eigenvalue weighted by Gasteiger charge is 2.38. The number of hydrogen-bond donors (Lipinski definition) is 1. The average Bonchev–Trinajstić information content (AvgIpc) is 2.70. The largest absolute Gasteiger partial charge is 0.478 e. The molecule has 0 radical (unpaired) electrons. The molecular formula is C16H19NO4. The maximum atomic E-state index is 12.4. The van der Waals surface area contributed by atoms with Crippen molar-refractivity contribution < 1.29 is 19.5 Å². The lowest BCUT2D eigenvalue weighted by Crippen LogP contribution is -2.38. The standard InChI is InChI=1S/C16H19NO4/c1-4-9(2)7-10(3)17-14(18)12-6-5-11(16(20)21)8-13(12)15(17)19/h5-6,8-10H,4,7H2,1-3H3,(H,20,21). The molecule has 5 nitrogen and oxygen atoms in total. The van der Waals surface area contributed by atoms with Gasteiger partial charge in [0.2, 0.25) is 0 Å². The Hall–Kier alpha value is -2.17. The molecular weight excluding hydrogens is 270 g/mol. The smallest absolute Gasteiger partial charge is 0.335 e. The van der Waals surface area contributed by atoms with Crippen molar-refractivity contribution in [3.05, 3.63) is 34.9 Å². The molecule has 0 aliphatic carbocycles. The zero-order valence-electron chi connectivity index (χ0n) is 12.4. The Balaban J connectivity index is 2.31. The third kappa shape index (κ3) is 2.68. The summed E-state index contributed by atoms with van der Waals surface area (Å²) >= 11 is 0. The predicted octanol–water partition coefficient (Wildman–Crippen LogP) is 2.81. The van der Waals surface area contributed by atoms with E-state index in [1.54, 1.807) is 0 Å². The van der Waals surface area contributed by atoms with Crippen molar-refractivity contribution in [1.29, 1.82) is 0 Å². The van der Waals surface area contributed by atoms with Crippen LogP contribution >= 0.6 is 0 Å². The summed E-state index contributed by atoms with van der Waals surface area (Å²) in [4.78, 5) is 37.0. The summed E-state index contributed by atoms with van der Waals surface area (Å²) in [5.41, 5.74) is 0.503. The molecule has 1 N–H and O–H groups in total. The molecule has 2 rings (SSSR count). The van der Waals surface area contributed by atoms with Crippen LogP contribution < -0.4 is 0 Å². The number of imide groups is 1. The predicted molar refractivity (Wildman–Crippen MR) is 77.4 cm³/mol. The van der Waals surface area contributed by atoms with Crippen LogP contribution in [0.3, 0.4) is 0 Å². The summed E-state index contributed by atoms with van der Waals surface area (Å²) in [6, 6.07) is 3.87. The van der Waals surface area contributed by atoms with Crippen LogP contribution in [0, 0.1) is 5.92 Å². The second-order valence-electron chi connectivity index (χ2n) is 5.64. The number of aromatic carboxylic acids is 1. The number of benzene rings is 1. The Morgan fingerprint density at radius 3 is 2.38 bits per heavy atom. The first-order valence-electron chi connectivity index (χ1n) is 7.12. The zero-order chi connectivity index (χ0) is 15.7. The summed E-state index contributed by atoms with van der Waals surface area (Å²) in [6.07, 6.45) is 1.73. The fourth-order valence-electron chi connectivity index (χ4n) is 2.65. The normalized spacial score (nSPS) is 16.8. The molecule has 1 heterocycles. The number of carbonyl (C=O) groups excluding carboxylic acids is 2. The molecule has 0 saturated heterocycles. The molecule has 1 aromatic rings. The highest BCUT2D eigenvalue weighted by Crippen LogP contribution is 2.28. The molecule has 2 amide bonds. The van der Waals surface area contributed by atoms with Crippen LogP contribution in [0.4, 0.5) is 0 Å². The fraction of sp³-hybridized carbons (Fsp3) is 0.438. The van der Waals surface area contributed by atoms with Crippen LogP contribution in [0.2, 0.25) is 0 Å². The molecule has 0 fully saturated rings. The van der Waals surface area contributed by atoms with Gasteiger partial charge in [0.05, 0.1) is 16.7 Å². The van der Waals surface area contributed by atoms with Gasteiger partial charge < -0.3 is 5.11 Å². The van der Waals surface area contributed by atoms with E-state index < -0.39 is 11.9 Å². The molecule has 1 aliphatic rings. The molecule has 0 bridgehead atoms. The SMILES string of the molecule is CCC(C)CC(C)N1C(=O)c2ccc(C(=O)O)cc2C1=O. The Labute approximate surface area is 123 Å². The Kier molecular flexibility index (Phi) is 4.11. The monoisotopic (exact) mass is 289 g/mol. The van der Waals surface area contributed by atoms with E-state index in [9.17, 15) is 14.4 Å². The molecule has 21 heavy (non-hydrogen) atoms. The number of fused-ring (bicyclic) bond motifs is 1. The van der Waals surface area contributed by atoms with E-state index in [0.717, 1.165) is 12.8 Å². The van der Waals surface area contributed by atoms with Gasteiger partial charge in [0.1, 0.15) is 0 Å². The van der Waals surface area contributed by atoms with Gasteiger partial charge in [-0.3, -0.25) is 14.5 Å². The highest BCUT2D eigenvalue weighted by atomic mass is 16.4. The van der Waals surface area contributed by atoms with Gasteiger partial charge in [0, 0.05) is 6.04 Å². The number of carboxylic acids is 1. The maximum absolute atomic E-state index is 12.4. The van der Waals surface area contributed by atoms with Crippen molar-refractivity contribution >= 4 is 17.8 Å². The van der Waals surface area contributed by atoms with Crippen molar-refractivity contribution in [3.63, 3.8) is 0 Å². The molecule has 0 saturated carbocycles. The molecule has 1 aliphatic heterocycles. The van der Waals surface area contributed by atoms with Crippen LogP contribution in [-0.4, -0.2) is 33.8 Å². The second-order valence-corrected chi connectivity index (χ2v) is 5.64. The number of carboxylic acid groups (broad SMARTS) is 1. The molecule has 2 atom stereocenters. The van der Waals surface area contributed by atoms with Gasteiger partial charge in [-0.1, -0.05) is 20.3 Å². The Bertz CT molecular complexity index is 608. The maximum Gasteiger partial charge on any atom is 0.335 e. The first-order valence-corrected chi connectivity index (χ1v) is 7.12. The summed E-state index contributed by atoms with van der Waals surface area (Å²) in [6.45, 7) is 6.00. The minimum atomic E-state index is -1.11. The molecule has 112 valence electrons. The lowest BCUT2D eigenvalue weighted by Gasteiger charge is -2.24. The van der Waals surface area contributed by atoms with Crippen molar-refractivity contribution in [2.45, 2.75) is 39.7 Å². The van der Waals surface area contributed by atoms with Crippen LogP contribution in [0.25, 0.3) is 0 Å². The first-order chi connectivity index (χ1) is 9.86. The fourth-order valence-corrected chi connectivity index (χ4v) is 2.65.